The molecule has 0 radical (unpaired) electrons. The maximum atomic E-state index is 11.5. The Balaban J connectivity index is 2.56. The molecule has 1 aromatic carbocycles. The molecular formula is C16H25NO4S. The fourth-order valence-corrected chi connectivity index (χ4v) is 2.98. The van der Waals surface area contributed by atoms with E-state index in [1.807, 2.05) is 0 Å². The van der Waals surface area contributed by atoms with Crippen LogP contribution >= 0.6 is 0 Å². The van der Waals surface area contributed by atoms with E-state index in [-0.39, 0.29) is 5.56 Å². The molecule has 1 atom stereocenters. The maximum absolute atomic E-state index is 11.5. The highest BCUT2D eigenvalue weighted by molar-refractivity contribution is 7.80. The van der Waals surface area contributed by atoms with Gasteiger partial charge in [0, 0.05) is 6.54 Å². The number of hydrogen-bond donors (Lipinski definition) is 2. The second-order valence-corrected chi connectivity index (χ2v) is 6.18. The summed E-state index contributed by atoms with van der Waals surface area (Å²) < 4.78 is 22.2. The first-order chi connectivity index (χ1) is 10.6. The van der Waals surface area contributed by atoms with E-state index in [4.69, 9.17) is 0 Å². The summed E-state index contributed by atoms with van der Waals surface area (Å²) in [6, 6.07) is 6.30. The van der Waals surface area contributed by atoms with Crippen LogP contribution in [-0.4, -0.2) is 26.4 Å². The monoisotopic (exact) mass is 327 g/mol. The third-order valence-corrected chi connectivity index (χ3v) is 4.31. The Labute approximate surface area is 134 Å². The summed E-state index contributed by atoms with van der Waals surface area (Å²) in [7, 11) is 0. The van der Waals surface area contributed by atoms with Gasteiger partial charge in [-0.15, -0.1) is 0 Å². The highest BCUT2D eigenvalue weighted by atomic mass is 32.2. The van der Waals surface area contributed by atoms with E-state index in [1.165, 1.54) is 36.1 Å². The Kier molecular flexibility index (Phi) is 8.77. The van der Waals surface area contributed by atoms with Crippen LogP contribution in [0, 0.1) is 0 Å². The molecule has 1 unspecified atom stereocenters. The number of nitrogens with zero attached hydrogens (tertiary/aromatic N) is 1. The molecule has 0 spiro atoms. The Morgan fingerprint density at radius 1 is 1.09 bits per heavy atom. The van der Waals surface area contributed by atoms with Crippen molar-refractivity contribution in [3.63, 3.8) is 0 Å². The minimum absolute atomic E-state index is 0.0489. The van der Waals surface area contributed by atoms with Gasteiger partial charge >= 0.3 is 5.97 Å². The molecule has 1 aromatic rings. The second kappa shape index (κ2) is 10.3. The topological polar surface area (TPSA) is 77.8 Å². The quantitative estimate of drug-likeness (QED) is 0.474. The number of benzene rings is 1. The van der Waals surface area contributed by atoms with Gasteiger partial charge in [0.1, 0.15) is 0 Å². The molecule has 2 N–H and O–H groups in total. The largest absolute Gasteiger partial charge is 0.478 e. The lowest BCUT2D eigenvalue weighted by Crippen LogP contribution is -2.28. The van der Waals surface area contributed by atoms with Crippen molar-refractivity contribution in [2.24, 2.45) is 0 Å². The molecule has 0 aliphatic rings. The van der Waals surface area contributed by atoms with Gasteiger partial charge in [-0.1, -0.05) is 57.6 Å². The number of carboxylic acids is 1. The third-order valence-electron chi connectivity index (χ3n) is 3.56. The van der Waals surface area contributed by atoms with Gasteiger partial charge in [0.05, 0.1) is 11.3 Å². The van der Waals surface area contributed by atoms with E-state index < -0.39 is 17.2 Å². The molecule has 0 amide bonds. The first-order valence-electron chi connectivity index (χ1n) is 7.78. The predicted octanol–water partition coefficient (Wildman–Crippen LogP) is 4.08. The molecule has 0 fully saturated rings. The van der Waals surface area contributed by atoms with E-state index in [2.05, 4.69) is 6.92 Å². The molecule has 0 aromatic heterocycles. The summed E-state index contributed by atoms with van der Waals surface area (Å²) in [5, 5.41) is 9.18. The maximum Gasteiger partial charge on any atom is 0.337 e. The van der Waals surface area contributed by atoms with E-state index in [9.17, 15) is 18.7 Å². The molecule has 1 rings (SSSR count). The van der Waals surface area contributed by atoms with Crippen molar-refractivity contribution < 1.29 is 18.7 Å². The summed E-state index contributed by atoms with van der Waals surface area (Å²) in [4.78, 5) is 11.2. The number of unbranched alkanes of at least 4 members (excludes halogenated alkanes) is 6. The minimum atomic E-state index is -2.22. The van der Waals surface area contributed by atoms with Gasteiger partial charge in [0.25, 0.3) is 11.3 Å². The average Bonchev–Trinajstić information content (AvgIpc) is 2.49. The first kappa shape index (κ1) is 18.6. The van der Waals surface area contributed by atoms with Crippen molar-refractivity contribution in [1.29, 1.82) is 0 Å². The summed E-state index contributed by atoms with van der Waals surface area (Å²) in [6.07, 6.45) is 7.73. The van der Waals surface area contributed by atoms with E-state index in [0.29, 0.717) is 12.2 Å². The third kappa shape index (κ3) is 6.15. The Hall–Kier alpha value is -1.40. The van der Waals surface area contributed by atoms with Gasteiger partial charge in [-0.25, -0.2) is 9.00 Å². The highest BCUT2D eigenvalue weighted by Crippen LogP contribution is 2.22. The average molecular weight is 327 g/mol. The van der Waals surface area contributed by atoms with Crippen LogP contribution in [0.2, 0.25) is 0 Å². The van der Waals surface area contributed by atoms with Crippen molar-refractivity contribution >= 4 is 22.9 Å². The molecule has 0 bridgehead atoms. The molecule has 0 heterocycles. The molecule has 0 aliphatic carbocycles. The van der Waals surface area contributed by atoms with Crippen LogP contribution in [0.15, 0.2) is 24.3 Å². The number of anilines is 1. The van der Waals surface area contributed by atoms with Gasteiger partial charge in [-0.05, 0) is 18.6 Å². The Morgan fingerprint density at radius 2 is 1.68 bits per heavy atom. The molecule has 0 saturated heterocycles. The molecule has 22 heavy (non-hydrogen) atoms. The molecule has 0 saturated carbocycles. The zero-order valence-electron chi connectivity index (χ0n) is 13.0. The van der Waals surface area contributed by atoms with Crippen molar-refractivity contribution in [2.75, 3.05) is 10.8 Å². The van der Waals surface area contributed by atoms with Crippen LogP contribution in [0.1, 0.15) is 62.2 Å². The number of para-hydroxylation sites is 1. The van der Waals surface area contributed by atoms with Crippen LogP contribution in [0.3, 0.4) is 0 Å². The van der Waals surface area contributed by atoms with Gasteiger partial charge in [-0.3, -0.25) is 8.86 Å². The fourth-order valence-electron chi connectivity index (χ4n) is 2.37. The second-order valence-electron chi connectivity index (χ2n) is 5.28. The lowest BCUT2D eigenvalue weighted by Gasteiger charge is -2.21. The van der Waals surface area contributed by atoms with Crippen molar-refractivity contribution in [2.45, 2.75) is 51.9 Å². The SMILES string of the molecule is CCCCCCCCCN(c1ccccc1C(=O)O)S(=O)O. The lowest BCUT2D eigenvalue weighted by molar-refractivity contribution is 0.0698. The molecule has 6 heteroatoms. The fraction of sp³-hybridized carbons (Fsp3) is 0.562. The zero-order chi connectivity index (χ0) is 16.4. The van der Waals surface area contributed by atoms with Crippen LogP contribution in [0.4, 0.5) is 5.69 Å². The van der Waals surface area contributed by atoms with E-state index in [1.54, 1.807) is 18.2 Å². The van der Waals surface area contributed by atoms with E-state index in [0.717, 1.165) is 19.3 Å². The highest BCUT2D eigenvalue weighted by Gasteiger charge is 2.18. The van der Waals surface area contributed by atoms with Gasteiger partial charge in [-0.2, -0.15) is 0 Å². The van der Waals surface area contributed by atoms with Gasteiger partial charge in [0.2, 0.25) is 0 Å². The van der Waals surface area contributed by atoms with Crippen LogP contribution in [0.5, 0.6) is 0 Å². The molecule has 0 aliphatic heterocycles. The van der Waals surface area contributed by atoms with Crippen molar-refractivity contribution in [1.82, 2.24) is 0 Å². The first-order valence-corrected chi connectivity index (χ1v) is 8.85. The molecule has 124 valence electrons. The summed E-state index contributed by atoms with van der Waals surface area (Å²) in [5.74, 6) is -1.09. The Bertz CT molecular complexity index is 493. The number of aromatic carboxylic acids is 1. The van der Waals surface area contributed by atoms with Crippen molar-refractivity contribution in [3.05, 3.63) is 29.8 Å². The van der Waals surface area contributed by atoms with Gasteiger partial charge < -0.3 is 5.11 Å². The summed E-state index contributed by atoms with van der Waals surface area (Å²) in [6.45, 7) is 2.55. The smallest absolute Gasteiger partial charge is 0.337 e. The molecule has 5 nitrogen and oxygen atoms in total. The standard InChI is InChI=1S/C16H25NO4S/c1-2-3-4-5-6-7-10-13-17(22(20)21)15-12-9-8-11-14(15)16(18)19/h8-9,11-12H,2-7,10,13H2,1H3,(H,18,19)(H,20,21). The number of hydrogen-bond acceptors (Lipinski definition) is 2. The van der Waals surface area contributed by atoms with Crippen molar-refractivity contribution in [3.8, 4) is 0 Å². The summed E-state index contributed by atoms with van der Waals surface area (Å²) in [5.41, 5.74) is 0.342. The number of rotatable bonds is 11. The zero-order valence-corrected chi connectivity index (χ0v) is 13.8. The van der Waals surface area contributed by atoms with Crippen LogP contribution < -0.4 is 4.31 Å². The van der Waals surface area contributed by atoms with Crippen LogP contribution in [0.25, 0.3) is 0 Å². The lowest BCUT2D eigenvalue weighted by atomic mass is 10.1. The number of carboxylic acid groups (broad SMARTS) is 1. The minimum Gasteiger partial charge on any atom is -0.478 e. The van der Waals surface area contributed by atoms with Gasteiger partial charge in [0.15, 0.2) is 0 Å². The number of carbonyl (C=O) groups is 1. The van der Waals surface area contributed by atoms with Crippen LogP contribution in [-0.2, 0) is 11.3 Å². The van der Waals surface area contributed by atoms with E-state index >= 15 is 0 Å². The predicted molar refractivity (Wildman–Crippen MR) is 89.5 cm³/mol. The normalized spacial score (nSPS) is 12.1. The molecular weight excluding hydrogens is 302 g/mol. The summed E-state index contributed by atoms with van der Waals surface area (Å²) >= 11 is -2.22. The Morgan fingerprint density at radius 3 is 2.27 bits per heavy atom.